The fraction of sp³-hybridized carbons (Fsp3) is 0.444. The van der Waals surface area contributed by atoms with Crippen molar-refractivity contribution >= 4 is 34.7 Å². The Hall–Kier alpha value is -0.480. The van der Waals surface area contributed by atoms with Crippen molar-refractivity contribution in [1.82, 2.24) is 0 Å². The molecule has 0 saturated carbocycles. The molecular formula is C9H11NOS2. The number of amides is 1. The van der Waals surface area contributed by atoms with Crippen LogP contribution in [-0.2, 0) is 4.79 Å². The third-order valence-corrected chi connectivity index (χ3v) is 4.07. The molecule has 2 nitrogen and oxygen atoms in total. The maximum atomic E-state index is 11.6. The number of hydrogen-bond acceptors (Lipinski definition) is 3. The first kappa shape index (κ1) is 9.09. The number of nitrogens with one attached hydrogen (secondary N) is 1. The summed E-state index contributed by atoms with van der Waals surface area (Å²) in [7, 11) is 0. The van der Waals surface area contributed by atoms with E-state index in [1.807, 2.05) is 16.8 Å². The van der Waals surface area contributed by atoms with Gasteiger partial charge in [-0.25, -0.2) is 0 Å². The van der Waals surface area contributed by atoms with Crippen LogP contribution in [0.5, 0.6) is 0 Å². The van der Waals surface area contributed by atoms with Gasteiger partial charge in [0.1, 0.15) is 0 Å². The van der Waals surface area contributed by atoms with Gasteiger partial charge in [-0.2, -0.15) is 11.3 Å². The minimum atomic E-state index is 0.168. The Bertz CT molecular complexity index is 278. The summed E-state index contributed by atoms with van der Waals surface area (Å²) in [6.45, 7) is 0. The van der Waals surface area contributed by atoms with Gasteiger partial charge in [0.15, 0.2) is 0 Å². The van der Waals surface area contributed by atoms with E-state index >= 15 is 0 Å². The van der Waals surface area contributed by atoms with Gasteiger partial charge in [-0.05, 0) is 30.0 Å². The van der Waals surface area contributed by atoms with E-state index in [4.69, 9.17) is 0 Å². The van der Waals surface area contributed by atoms with Gasteiger partial charge in [0.25, 0.3) is 0 Å². The van der Waals surface area contributed by atoms with Crippen molar-refractivity contribution in [3.05, 3.63) is 16.8 Å². The summed E-state index contributed by atoms with van der Waals surface area (Å²) in [5.74, 6) is 1.29. The van der Waals surface area contributed by atoms with Gasteiger partial charge >= 0.3 is 0 Å². The number of thiophene rings is 1. The largest absolute Gasteiger partial charge is 0.324 e. The number of hydrogen-bond donors (Lipinski definition) is 1. The predicted octanol–water partition coefficient (Wildman–Crippen LogP) is 2.58. The molecule has 0 bridgehead atoms. The lowest BCUT2D eigenvalue weighted by molar-refractivity contribution is -0.115. The zero-order valence-corrected chi connectivity index (χ0v) is 8.79. The molecule has 1 saturated heterocycles. The highest BCUT2D eigenvalue weighted by molar-refractivity contribution is 8.00. The number of carbonyl (C=O) groups is 1. The molecule has 0 radical (unpaired) electrons. The highest BCUT2D eigenvalue weighted by Crippen LogP contribution is 2.27. The Morgan fingerprint density at radius 1 is 1.62 bits per heavy atom. The molecule has 0 aromatic carbocycles. The average Bonchev–Trinajstić information content (AvgIpc) is 2.74. The average molecular weight is 213 g/mol. The second-order valence-electron chi connectivity index (χ2n) is 3.00. The van der Waals surface area contributed by atoms with E-state index in [-0.39, 0.29) is 11.2 Å². The Morgan fingerprint density at radius 3 is 3.15 bits per heavy atom. The first-order chi connectivity index (χ1) is 6.36. The molecule has 2 heterocycles. The van der Waals surface area contributed by atoms with Gasteiger partial charge < -0.3 is 5.32 Å². The summed E-state index contributed by atoms with van der Waals surface area (Å²) in [5.41, 5.74) is 0.933. The second-order valence-corrected chi connectivity index (χ2v) is 5.09. The maximum Gasteiger partial charge on any atom is 0.237 e. The van der Waals surface area contributed by atoms with Crippen LogP contribution in [0.2, 0.25) is 0 Å². The van der Waals surface area contributed by atoms with Gasteiger partial charge in [0.2, 0.25) is 5.91 Å². The van der Waals surface area contributed by atoms with Gasteiger partial charge in [0, 0.05) is 5.38 Å². The van der Waals surface area contributed by atoms with Crippen LogP contribution in [0.1, 0.15) is 12.8 Å². The van der Waals surface area contributed by atoms with E-state index in [0.717, 1.165) is 17.9 Å². The summed E-state index contributed by atoms with van der Waals surface area (Å²) < 4.78 is 0. The lowest BCUT2D eigenvalue weighted by Gasteiger charge is -2.07. The van der Waals surface area contributed by atoms with Crippen LogP contribution < -0.4 is 5.32 Å². The fourth-order valence-electron chi connectivity index (χ4n) is 1.34. The van der Waals surface area contributed by atoms with Crippen LogP contribution in [0.15, 0.2) is 16.8 Å². The summed E-state index contributed by atoms with van der Waals surface area (Å²) in [4.78, 5) is 11.6. The third-order valence-electron chi connectivity index (χ3n) is 2.01. The maximum absolute atomic E-state index is 11.6. The van der Waals surface area contributed by atoms with E-state index in [2.05, 4.69) is 5.32 Å². The van der Waals surface area contributed by atoms with Gasteiger partial charge in [0.05, 0.1) is 10.9 Å². The monoisotopic (exact) mass is 213 g/mol. The second kappa shape index (κ2) is 4.15. The molecule has 2 rings (SSSR count). The Labute approximate surface area is 85.7 Å². The minimum absolute atomic E-state index is 0.168. The molecule has 1 aliphatic rings. The van der Waals surface area contributed by atoms with Crippen LogP contribution in [0.25, 0.3) is 0 Å². The van der Waals surface area contributed by atoms with Gasteiger partial charge in [-0.15, -0.1) is 11.8 Å². The molecule has 1 aromatic rings. The fourth-order valence-corrected chi connectivity index (χ4v) is 3.09. The SMILES string of the molecule is O=C(Nc1ccsc1)C1CCCS1. The zero-order chi connectivity index (χ0) is 9.10. The van der Waals surface area contributed by atoms with Crippen molar-refractivity contribution in [2.45, 2.75) is 18.1 Å². The first-order valence-electron chi connectivity index (χ1n) is 4.31. The predicted molar refractivity (Wildman–Crippen MR) is 58.4 cm³/mol. The Kier molecular flexibility index (Phi) is 2.90. The van der Waals surface area contributed by atoms with Crippen LogP contribution >= 0.6 is 23.1 Å². The third kappa shape index (κ3) is 2.25. The highest BCUT2D eigenvalue weighted by Gasteiger charge is 2.23. The van der Waals surface area contributed by atoms with Crippen molar-refractivity contribution in [2.24, 2.45) is 0 Å². The molecule has 1 aliphatic heterocycles. The number of thioether (sulfide) groups is 1. The van der Waals surface area contributed by atoms with Crippen LogP contribution in [0.4, 0.5) is 5.69 Å². The van der Waals surface area contributed by atoms with Gasteiger partial charge in [-0.3, -0.25) is 4.79 Å². The van der Waals surface area contributed by atoms with E-state index in [9.17, 15) is 4.79 Å². The smallest absolute Gasteiger partial charge is 0.237 e. The summed E-state index contributed by atoms with van der Waals surface area (Å²) in [6.07, 6.45) is 2.20. The van der Waals surface area contributed by atoms with E-state index in [1.54, 1.807) is 23.1 Å². The standard InChI is InChI=1S/C9H11NOS2/c11-9(8-2-1-4-13-8)10-7-3-5-12-6-7/h3,5-6,8H,1-2,4H2,(H,10,11). The van der Waals surface area contributed by atoms with E-state index in [1.165, 1.54) is 6.42 Å². The lowest BCUT2D eigenvalue weighted by Crippen LogP contribution is -2.22. The quantitative estimate of drug-likeness (QED) is 0.818. The molecule has 0 spiro atoms. The van der Waals surface area contributed by atoms with Crippen LogP contribution in [0, 0.1) is 0 Å². The normalized spacial score (nSPS) is 21.7. The van der Waals surface area contributed by atoms with Crippen LogP contribution in [-0.4, -0.2) is 16.9 Å². The van der Waals surface area contributed by atoms with E-state index in [0.29, 0.717) is 0 Å². The Morgan fingerprint density at radius 2 is 2.54 bits per heavy atom. The zero-order valence-electron chi connectivity index (χ0n) is 7.16. The molecule has 4 heteroatoms. The van der Waals surface area contributed by atoms with E-state index < -0.39 is 0 Å². The molecule has 13 heavy (non-hydrogen) atoms. The highest BCUT2D eigenvalue weighted by atomic mass is 32.2. The molecule has 1 fully saturated rings. The number of anilines is 1. The Balaban J connectivity index is 1.91. The topological polar surface area (TPSA) is 29.1 Å². The van der Waals surface area contributed by atoms with Crippen molar-refractivity contribution in [1.29, 1.82) is 0 Å². The molecule has 0 aliphatic carbocycles. The van der Waals surface area contributed by atoms with Crippen molar-refractivity contribution < 1.29 is 4.79 Å². The number of carbonyl (C=O) groups excluding carboxylic acids is 1. The molecule has 1 atom stereocenters. The van der Waals surface area contributed by atoms with Crippen molar-refractivity contribution in [3.63, 3.8) is 0 Å². The van der Waals surface area contributed by atoms with Crippen LogP contribution in [0.3, 0.4) is 0 Å². The molecule has 70 valence electrons. The number of rotatable bonds is 2. The minimum Gasteiger partial charge on any atom is -0.324 e. The summed E-state index contributed by atoms with van der Waals surface area (Å²) in [6, 6.07) is 1.93. The summed E-state index contributed by atoms with van der Waals surface area (Å²) in [5, 5.41) is 7.02. The molecule has 1 amide bonds. The molecule has 1 aromatic heterocycles. The molecule has 1 N–H and O–H groups in total. The van der Waals surface area contributed by atoms with Gasteiger partial charge in [-0.1, -0.05) is 0 Å². The lowest BCUT2D eigenvalue weighted by atomic mass is 10.2. The van der Waals surface area contributed by atoms with Crippen molar-refractivity contribution in [2.75, 3.05) is 11.1 Å². The summed E-state index contributed by atoms with van der Waals surface area (Å²) >= 11 is 3.37. The molecule has 1 unspecified atom stereocenters. The first-order valence-corrected chi connectivity index (χ1v) is 6.30. The van der Waals surface area contributed by atoms with Crippen molar-refractivity contribution in [3.8, 4) is 0 Å². The molecular weight excluding hydrogens is 202 g/mol.